The number of hydrogen-bond acceptors (Lipinski definition) is 2. The Labute approximate surface area is 178 Å². The molecule has 2 aromatic rings. The van der Waals surface area contributed by atoms with Crippen LogP contribution in [0.1, 0.15) is 28.3 Å². The molecule has 0 bridgehead atoms. The summed E-state index contributed by atoms with van der Waals surface area (Å²) >= 11 is 15.6. The van der Waals surface area contributed by atoms with E-state index in [1.54, 1.807) is 0 Å². The first-order valence-corrected chi connectivity index (χ1v) is 9.70. The third-order valence-corrected chi connectivity index (χ3v) is 5.99. The van der Waals surface area contributed by atoms with Crippen LogP contribution in [0.3, 0.4) is 0 Å². The van der Waals surface area contributed by atoms with E-state index in [1.165, 1.54) is 0 Å². The van der Waals surface area contributed by atoms with Gasteiger partial charge in [-0.3, -0.25) is 4.79 Å². The highest BCUT2D eigenvalue weighted by atomic mass is 79.9. The molecule has 0 aliphatic carbocycles. The molecule has 2 aromatic carbocycles. The van der Waals surface area contributed by atoms with Gasteiger partial charge in [-0.15, -0.1) is 12.4 Å². The van der Waals surface area contributed by atoms with Crippen LogP contribution in [0.5, 0.6) is 0 Å². The summed E-state index contributed by atoms with van der Waals surface area (Å²) < 4.78 is 0.960. The van der Waals surface area contributed by atoms with Crippen LogP contribution in [-0.4, -0.2) is 37.0 Å². The van der Waals surface area contributed by atoms with E-state index >= 15 is 0 Å². The first-order chi connectivity index (χ1) is 12.0. The van der Waals surface area contributed by atoms with Crippen molar-refractivity contribution < 1.29 is 4.79 Å². The fourth-order valence-electron chi connectivity index (χ4n) is 3.34. The van der Waals surface area contributed by atoms with Crippen LogP contribution in [0.25, 0.3) is 0 Å². The minimum absolute atomic E-state index is 0. The summed E-state index contributed by atoms with van der Waals surface area (Å²) in [5.41, 5.74) is 1.79. The van der Waals surface area contributed by atoms with E-state index in [0.717, 1.165) is 29.5 Å². The van der Waals surface area contributed by atoms with Gasteiger partial charge in [0.05, 0.1) is 10.0 Å². The number of nitrogens with one attached hydrogen (secondary N) is 1. The topological polar surface area (TPSA) is 32.3 Å². The molecule has 1 heterocycles. The predicted octanol–water partition coefficient (Wildman–Crippen LogP) is 5.40. The molecular weight excluding hydrogens is 458 g/mol. The average Bonchev–Trinajstić information content (AvgIpc) is 2.63. The number of likely N-dealkylation sites (N-methyl/N-ethyl adjacent to an activating group) is 1. The van der Waals surface area contributed by atoms with Crippen LogP contribution in [0.2, 0.25) is 10.0 Å². The van der Waals surface area contributed by atoms with E-state index in [2.05, 4.69) is 21.2 Å². The molecular formula is C19H20BrCl3N2O. The summed E-state index contributed by atoms with van der Waals surface area (Å²) in [6.07, 6.45) is 0.893. The number of benzene rings is 2. The number of nitrogens with zero attached hydrogens (tertiary/aromatic N) is 1. The Hall–Kier alpha value is -0.780. The van der Waals surface area contributed by atoms with E-state index in [-0.39, 0.29) is 30.3 Å². The van der Waals surface area contributed by atoms with Gasteiger partial charge in [0.1, 0.15) is 0 Å². The van der Waals surface area contributed by atoms with Crippen LogP contribution in [0.4, 0.5) is 0 Å². The molecule has 1 saturated heterocycles. The second-order valence-corrected chi connectivity index (χ2v) is 7.99. The fraction of sp³-hybridized carbons (Fsp3) is 0.316. The molecule has 0 spiro atoms. The molecule has 26 heavy (non-hydrogen) atoms. The van der Waals surface area contributed by atoms with E-state index in [1.807, 2.05) is 54.4 Å². The van der Waals surface area contributed by atoms with Crippen LogP contribution in [0, 0.1) is 0 Å². The van der Waals surface area contributed by atoms with Crippen LogP contribution < -0.4 is 5.32 Å². The lowest BCUT2D eigenvalue weighted by atomic mass is 9.85. The van der Waals surface area contributed by atoms with Crippen molar-refractivity contribution in [3.05, 3.63) is 68.1 Å². The van der Waals surface area contributed by atoms with Gasteiger partial charge in [0, 0.05) is 35.6 Å². The number of piperidine rings is 1. The number of rotatable bonds is 3. The third-order valence-electron chi connectivity index (χ3n) is 4.73. The second kappa shape index (κ2) is 9.43. The molecule has 1 fully saturated rings. The van der Waals surface area contributed by atoms with Gasteiger partial charge in [-0.2, -0.15) is 0 Å². The maximum absolute atomic E-state index is 12.9. The molecule has 7 heteroatoms. The van der Waals surface area contributed by atoms with Crippen LogP contribution in [0.15, 0.2) is 46.9 Å². The predicted molar refractivity (Wildman–Crippen MR) is 114 cm³/mol. The first-order valence-electron chi connectivity index (χ1n) is 8.16. The highest BCUT2D eigenvalue weighted by Gasteiger charge is 2.32. The molecule has 1 aliphatic heterocycles. The second-order valence-electron chi connectivity index (χ2n) is 6.26. The molecule has 2 atom stereocenters. The number of carbonyl (C=O) groups excluding carboxylic acids is 1. The molecule has 140 valence electrons. The van der Waals surface area contributed by atoms with E-state index in [9.17, 15) is 4.79 Å². The summed E-state index contributed by atoms with van der Waals surface area (Å²) in [5.74, 6) is 0.206. The molecule has 0 unspecified atom stereocenters. The monoisotopic (exact) mass is 476 g/mol. The maximum Gasteiger partial charge on any atom is 0.253 e. The number of halogens is 4. The van der Waals surface area contributed by atoms with Crippen LogP contribution >= 0.6 is 51.5 Å². The Morgan fingerprint density at radius 3 is 2.50 bits per heavy atom. The number of carbonyl (C=O) groups is 1. The van der Waals surface area contributed by atoms with Crippen molar-refractivity contribution in [1.82, 2.24) is 10.2 Å². The number of amides is 1. The van der Waals surface area contributed by atoms with Crippen molar-refractivity contribution >= 4 is 57.4 Å². The molecule has 1 aliphatic rings. The Morgan fingerprint density at radius 2 is 1.85 bits per heavy atom. The third kappa shape index (κ3) is 4.73. The molecule has 1 amide bonds. The lowest BCUT2D eigenvalue weighted by Gasteiger charge is -2.39. The lowest BCUT2D eigenvalue weighted by molar-refractivity contribution is 0.0679. The molecule has 0 saturated carbocycles. The summed E-state index contributed by atoms with van der Waals surface area (Å²) in [4.78, 5) is 14.8. The standard InChI is InChI=1S/C19H19BrCl2N2O.ClH/c1-24(19(25)12-2-5-14(20)6-3-12)18-8-9-23-11-15(18)13-4-7-16(21)17(22)10-13;/h2-7,10,15,18,23H,8-9,11H2,1H3;1H/t15-,18+;/m0./s1. The normalized spacial score (nSPS) is 19.5. The Morgan fingerprint density at radius 1 is 1.15 bits per heavy atom. The van der Waals surface area contributed by atoms with Gasteiger partial charge < -0.3 is 10.2 Å². The van der Waals surface area contributed by atoms with Crippen molar-refractivity contribution in [2.24, 2.45) is 0 Å². The summed E-state index contributed by atoms with van der Waals surface area (Å²) in [5, 5.41) is 4.51. The zero-order valence-electron chi connectivity index (χ0n) is 14.2. The molecule has 0 aromatic heterocycles. The van der Waals surface area contributed by atoms with E-state index in [4.69, 9.17) is 23.2 Å². The van der Waals surface area contributed by atoms with Crippen molar-refractivity contribution in [3.63, 3.8) is 0 Å². The van der Waals surface area contributed by atoms with Crippen LogP contribution in [-0.2, 0) is 0 Å². The first kappa shape index (κ1) is 21.5. The van der Waals surface area contributed by atoms with Gasteiger partial charge in [-0.25, -0.2) is 0 Å². The molecule has 3 nitrogen and oxygen atoms in total. The zero-order valence-corrected chi connectivity index (χ0v) is 18.1. The average molecular weight is 479 g/mol. The summed E-state index contributed by atoms with van der Waals surface area (Å²) in [7, 11) is 1.88. The summed E-state index contributed by atoms with van der Waals surface area (Å²) in [6.45, 7) is 1.70. The highest BCUT2D eigenvalue weighted by molar-refractivity contribution is 9.10. The van der Waals surface area contributed by atoms with Gasteiger partial charge in [-0.1, -0.05) is 45.2 Å². The summed E-state index contributed by atoms with van der Waals surface area (Å²) in [6, 6.07) is 13.3. The molecule has 0 radical (unpaired) electrons. The molecule has 3 rings (SSSR count). The van der Waals surface area contributed by atoms with Crippen molar-refractivity contribution in [1.29, 1.82) is 0 Å². The minimum Gasteiger partial charge on any atom is -0.338 e. The quantitative estimate of drug-likeness (QED) is 0.641. The van der Waals surface area contributed by atoms with Crippen molar-refractivity contribution in [2.45, 2.75) is 18.4 Å². The van der Waals surface area contributed by atoms with Gasteiger partial charge in [-0.05, 0) is 54.9 Å². The smallest absolute Gasteiger partial charge is 0.253 e. The van der Waals surface area contributed by atoms with Crippen molar-refractivity contribution in [2.75, 3.05) is 20.1 Å². The Kier molecular flexibility index (Phi) is 7.80. The van der Waals surface area contributed by atoms with E-state index in [0.29, 0.717) is 15.6 Å². The van der Waals surface area contributed by atoms with Gasteiger partial charge in [0.15, 0.2) is 0 Å². The van der Waals surface area contributed by atoms with Gasteiger partial charge in [0.25, 0.3) is 5.91 Å². The Balaban J connectivity index is 0.00000243. The van der Waals surface area contributed by atoms with Crippen molar-refractivity contribution in [3.8, 4) is 0 Å². The largest absolute Gasteiger partial charge is 0.338 e. The van der Waals surface area contributed by atoms with E-state index < -0.39 is 0 Å². The Bertz CT molecular complexity index is 770. The molecule has 1 N–H and O–H groups in total. The SMILES string of the molecule is CN(C(=O)c1ccc(Br)cc1)[C@@H]1CCNC[C@H]1c1ccc(Cl)c(Cl)c1.Cl. The lowest BCUT2D eigenvalue weighted by Crippen LogP contribution is -2.49. The minimum atomic E-state index is 0. The fourth-order valence-corrected chi connectivity index (χ4v) is 3.91. The highest BCUT2D eigenvalue weighted by Crippen LogP contribution is 2.32. The van der Waals surface area contributed by atoms with Gasteiger partial charge >= 0.3 is 0 Å². The zero-order chi connectivity index (χ0) is 18.0. The maximum atomic E-state index is 12.9. The number of hydrogen-bond donors (Lipinski definition) is 1. The van der Waals surface area contributed by atoms with Gasteiger partial charge in [0.2, 0.25) is 0 Å².